The van der Waals surface area contributed by atoms with Crippen LogP contribution in [0.4, 0.5) is 4.39 Å². The highest BCUT2D eigenvalue weighted by atomic mass is 35.5. The third-order valence-corrected chi connectivity index (χ3v) is 2.48. The first kappa shape index (κ1) is 12.3. The molecule has 2 aromatic rings. The van der Waals surface area contributed by atoms with Crippen molar-refractivity contribution in [3.8, 4) is 23.1 Å². The zero-order valence-corrected chi connectivity index (χ0v) is 10.1. The Bertz CT molecular complexity index is 640. The molecular weight excluding hydrogens is 257 g/mol. The first-order chi connectivity index (χ1) is 8.65. The lowest BCUT2D eigenvalue weighted by Crippen LogP contribution is -1.96. The fraction of sp³-hybridized carbons (Fsp3) is 0.0833. The highest BCUT2D eigenvalue weighted by Crippen LogP contribution is 2.31. The Morgan fingerprint density at radius 1 is 1.44 bits per heavy atom. The highest BCUT2D eigenvalue weighted by Gasteiger charge is 2.14. The molecule has 0 aliphatic carbocycles. The van der Waals surface area contributed by atoms with Gasteiger partial charge in [-0.3, -0.25) is 0 Å². The number of halogens is 2. The van der Waals surface area contributed by atoms with E-state index in [1.807, 2.05) is 6.07 Å². The Morgan fingerprint density at radius 3 is 2.89 bits per heavy atom. The molecule has 0 spiro atoms. The number of aromatic nitrogens is 2. The minimum absolute atomic E-state index is 0.00366. The summed E-state index contributed by atoms with van der Waals surface area (Å²) in [6.07, 6.45) is 0.975. The lowest BCUT2D eigenvalue weighted by Gasteiger charge is -2.08. The molecule has 1 aromatic heterocycles. The number of rotatable bonds is 2. The number of hydrogen-bond acceptors (Lipinski definition) is 4. The van der Waals surface area contributed by atoms with Gasteiger partial charge >= 0.3 is 0 Å². The lowest BCUT2D eigenvalue weighted by atomic mass is 10.1. The zero-order valence-electron chi connectivity index (χ0n) is 9.32. The molecule has 0 N–H and O–H groups in total. The van der Waals surface area contributed by atoms with Gasteiger partial charge in [-0.05, 0) is 29.8 Å². The van der Waals surface area contributed by atoms with Gasteiger partial charge in [0.05, 0.1) is 24.9 Å². The van der Waals surface area contributed by atoms with Gasteiger partial charge in [0.2, 0.25) is 5.28 Å². The van der Waals surface area contributed by atoms with Crippen molar-refractivity contribution >= 4 is 11.6 Å². The molecule has 0 aliphatic heterocycles. The second-order valence-electron chi connectivity index (χ2n) is 3.36. The standard InChI is InChI=1S/C12H7ClFN3O/c1-18-10-3-2-7(5-15)4-8(10)11-9(14)6-16-12(13)17-11/h2-4,6H,1H3. The number of benzene rings is 1. The summed E-state index contributed by atoms with van der Waals surface area (Å²) in [5.74, 6) is -0.226. The van der Waals surface area contributed by atoms with E-state index in [1.54, 1.807) is 12.1 Å². The second-order valence-corrected chi connectivity index (χ2v) is 3.70. The summed E-state index contributed by atoms with van der Waals surface area (Å²) in [7, 11) is 1.45. The Labute approximate surface area is 108 Å². The molecule has 0 aliphatic rings. The molecule has 0 fully saturated rings. The summed E-state index contributed by atoms with van der Waals surface area (Å²) >= 11 is 5.64. The maximum Gasteiger partial charge on any atom is 0.223 e. The van der Waals surface area contributed by atoms with Crippen molar-refractivity contribution in [1.29, 1.82) is 5.26 Å². The van der Waals surface area contributed by atoms with E-state index in [2.05, 4.69) is 9.97 Å². The van der Waals surface area contributed by atoms with E-state index in [-0.39, 0.29) is 11.0 Å². The average Bonchev–Trinajstić information content (AvgIpc) is 2.40. The largest absolute Gasteiger partial charge is 0.496 e. The van der Waals surface area contributed by atoms with Gasteiger partial charge in [-0.25, -0.2) is 14.4 Å². The molecule has 4 nitrogen and oxygen atoms in total. The van der Waals surface area contributed by atoms with Crippen LogP contribution in [-0.4, -0.2) is 17.1 Å². The fourth-order valence-electron chi connectivity index (χ4n) is 1.50. The molecule has 90 valence electrons. The second kappa shape index (κ2) is 4.98. The van der Waals surface area contributed by atoms with Crippen LogP contribution < -0.4 is 4.74 Å². The molecule has 1 heterocycles. The van der Waals surface area contributed by atoms with Gasteiger partial charge < -0.3 is 4.74 Å². The van der Waals surface area contributed by atoms with E-state index < -0.39 is 5.82 Å². The third-order valence-electron chi connectivity index (χ3n) is 2.30. The van der Waals surface area contributed by atoms with Crippen LogP contribution in [0.5, 0.6) is 5.75 Å². The van der Waals surface area contributed by atoms with Gasteiger partial charge in [0, 0.05) is 5.56 Å². The van der Waals surface area contributed by atoms with Crippen molar-refractivity contribution < 1.29 is 9.13 Å². The number of ether oxygens (including phenoxy) is 1. The van der Waals surface area contributed by atoms with Gasteiger partial charge in [-0.1, -0.05) is 0 Å². The predicted molar refractivity (Wildman–Crippen MR) is 63.7 cm³/mol. The maximum atomic E-state index is 13.7. The molecule has 0 saturated heterocycles. The molecule has 2 rings (SSSR count). The highest BCUT2D eigenvalue weighted by molar-refractivity contribution is 6.28. The van der Waals surface area contributed by atoms with Gasteiger partial charge in [0.25, 0.3) is 0 Å². The van der Waals surface area contributed by atoms with Crippen molar-refractivity contribution in [1.82, 2.24) is 9.97 Å². The summed E-state index contributed by atoms with van der Waals surface area (Å²) in [5, 5.41) is 8.78. The van der Waals surface area contributed by atoms with Crippen molar-refractivity contribution in [2.24, 2.45) is 0 Å². The van der Waals surface area contributed by atoms with Gasteiger partial charge in [0.1, 0.15) is 11.4 Å². The molecule has 6 heteroatoms. The van der Waals surface area contributed by atoms with Crippen LogP contribution in [0.25, 0.3) is 11.3 Å². The van der Waals surface area contributed by atoms with Gasteiger partial charge in [0.15, 0.2) is 5.82 Å². The molecule has 0 radical (unpaired) electrons. The van der Waals surface area contributed by atoms with Crippen LogP contribution in [0, 0.1) is 17.1 Å². The minimum Gasteiger partial charge on any atom is -0.496 e. The zero-order chi connectivity index (χ0) is 13.1. The van der Waals surface area contributed by atoms with Crippen LogP contribution in [-0.2, 0) is 0 Å². The predicted octanol–water partition coefficient (Wildman–Crippen LogP) is 2.82. The quantitative estimate of drug-likeness (QED) is 0.782. The number of methoxy groups -OCH3 is 1. The number of hydrogen-bond donors (Lipinski definition) is 0. The minimum atomic E-state index is -0.632. The van der Waals surface area contributed by atoms with E-state index in [0.29, 0.717) is 16.9 Å². The van der Waals surface area contributed by atoms with Crippen LogP contribution in [0.2, 0.25) is 5.28 Å². The Hall–Kier alpha value is -2.19. The first-order valence-electron chi connectivity index (χ1n) is 4.92. The van der Waals surface area contributed by atoms with E-state index in [4.69, 9.17) is 21.6 Å². The molecule has 18 heavy (non-hydrogen) atoms. The summed E-state index contributed by atoms with van der Waals surface area (Å²) in [5.41, 5.74) is 0.738. The van der Waals surface area contributed by atoms with Crippen molar-refractivity contribution in [2.75, 3.05) is 7.11 Å². The summed E-state index contributed by atoms with van der Waals surface area (Å²) < 4.78 is 18.8. The van der Waals surface area contributed by atoms with E-state index >= 15 is 0 Å². The monoisotopic (exact) mass is 263 g/mol. The van der Waals surface area contributed by atoms with E-state index in [1.165, 1.54) is 13.2 Å². The SMILES string of the molecule is COc1ccc(C#N)cc1-c1nc(Cl)ncc1F. The maximum absolute atomic E-state index is 13.7. The van der Waals surface area contributed by atoms with Crippen LogP contribution >= 0.6 is 11.6 Å². The normalized spacial score (nSPS) is 9.89. The van der Waals surface area contributed by atoms with Crippen molar-refractivity contribution in [3.05, 3.63) is 41.1 Å². The topological polar surface area (TPSA) is 58.8 Å². The van der Waals surface area contributed by atoms with E-state index in [0.717, 1.165) is 6.20 Å². The average molecular weight is 264 g/mol. The summed E-state index contributed by atoms with van der Waals surface area (Å²) in [4.78, 5) is 7.35. The Morgan fingerprint density at radius 2 is 2.22 bits per heavy atom. The third kappa shape index (κ3) is 2.24. The molecule has 0 amide bonds. The fourth-order valence-corrected chi connectivity index (χ4v) is 1.63. The van der Waals surface area contributed by atoms with Crippen LogP contribution in [0.3, 0.4) is 0 Å². The van der Waals surface area contributed by atoms with Gasteiger partial charge in [-0.2, -0.15) is 5.26 Å². The number of nitriles is 1. The Balaban J connectivity index is 2.69. The summed E-state index contributed by atoms with van der Waals surface area (Å²) in [6.45, 7) is 0. The Kier molecular flexibility index (Phi) is 3.40. The van der Waals surface area contributed by atoms with E-state index in [9.17, 15) is 4.39 Å². The molecule has 0 atom stereocenters. The molecule has 0 unspecified atom stereocenters. The lowest BCUT2D eigenvalue weighted by molar-refractivity contribution is 0.416. The molecule has 0 bridgehead atoms. The van der Waals surface area contributed by atoms with Gasteiger partial charge in [-0.15, -0.1) is 0 Å². The van der Waals surface area contributed by atoms with Crippen LogP contribution in [0.15, 0.2) is 24.4 Å². The first-order valence-corrected chi connectivity index (χ1v) is 5.30. The molecular formula is C12H7ClFN3O. The van der Waals surface area contributed by atoms with Crippen molar-refractivity contribution in [2.45, 2.75) is 0 Å². The smallest absolute Gasteiger partial charge is 0.223 e. The summed E-state index contributed by atoms with van der Waals surface area (Å²) in [6, 6.07) is 6.60. The number of nitrogens with zero attached hydrogens (tertiary/aromatic N) is 3. The molecule has 0 saturated carbocycles. The van der Waals surface area contributed by atoms with Crippen molar-refractivity contribution in [3.63, 3.8) is 0 Å². The molecule has 1 aromatic carbocycles. The van der Waals surface area contributed by atoms with Crippen LogP contribution in [0.1, 0.15) is 5.56 Å².